The molecule has 2 heterocycles. The van der Waals surface area contributed by atoms with Crippen LogP contribution in [-0.2, 0) is 11.3 Å². The van der Waals surface area contributed by atoms with Gasteiger partial charge in [0, 0.05) is 5.56 Å². The molecule has 8 heteroatoms. The summed E-state index contributed by atoms with van der Waals surface area (Å²) in [5, 5.41) is 6.58. The van der Waals surface area contributed by atoms with Gasteiger partial charge in [-0.1, -0.05) is 47.1 Å². The van der Waals surface area contributed by atoms with Crippen LogP contribution in [0, 0.1) is 12.7 Å². The number of carbonyl (C=O) groups excluding carboxylic acids is 1. The van der Waals surface area contributed by atoms with Gasteiger partial charge in [-0.15, -0.1) is 0 Å². The number of nitrogens with one attached hydrogen (secondary N) is 1. The molecule has 2 aromatic carbocycles. The molecule has 0 aliphatic heterocycles. The second kappa shape index (κ2) is 7.07. The molecular weight excluding hydrogens is 363 g/mol. The number of aryl methyl sites for hydroxylation is 1. The van der Waals surface area contributed by atoms with Crippen LogP contribution >= 0.6 is 0 Å². The van der Waals surface area contributed by atoms with Crippen molar-refractivity contribution in [1.29, 1.82) is 0 Å². The average Bonchev–Trinajstić information content (AvgIpc) is 3.11. The number of carbonyl (C=O) groups is 1. The smallest absolute Gasteiger partial charge is 0.267 e. The number of halogens is 1. The Bertz CT molecular complexity index is 1230. The Morgan fingerprint density at radius 3 is 2.68 bits per heavy atom. The molecule has 28 heavy (non-hydrogen) atoms. The first kappa shape index (κ1) is 17.6. The van der Waals surface area contributed by atoms with Crippen molar-refractivity contribution >= 4 is 22.7 Å². The fraction of sp³-hybridized carbons (Fsp3) is 0.100. The lowest BCUT2D eigenvalue weighted by molar-refractivity contribution is -0.116. The van der Waals surface area contributed by atoms with E-state index in [1.54, 1.807) is 6.07 Å². The average molecular weight is 378 g/mol. The second-order valence-electron chi connectivity index (χ2n) is 6.28. The largest absolute Gasteiger partial charge is 0.335 e. The summed E-state index contributed by atoms with van der Waals surface area (Å²) >= 11 is 0. The lowest BCUT2D eigenvalue weighted by Gasteiger charge is -2.07. The normalized spacial score (nSPS) is 10.9. The van der Waals surface area contributed by atoms with Crippen LogP contribution in [-0.4, -0.2) is 20.6 Å². The lowest BCUT2D eigenvalue weighted by Crippen LogP contribution is -2.28. The molecule has 1 N–H and O–H groups in total. The van der Waals surface area contributed by atoms with Gasteiger partial charge >= 0.3 is 0 Å². The first-order valence-electron chi connectivity index (χ1n) is 8.49. The van der Waals surface area contributed by atoms with Gasteiger partial charge in [0.25, 0.3) is 11.3 Å². The van der Waals surface area contributed by atoms with Crippen molar-refractivity contribution in [3.8, 4) is 11.3 Å². The van der Waals surface area contributed by atoms with Crippen LogP contribution in [0.1, 0.15) is 5.56 Å². The SMILES string of the molecule is Cc1ccc(-c2noc3ncn(CC(=O)Nc4ccccc4F)c(=O)c23)cc1. The molecule has 0 spiro atoms. The minimum Gasteiger partial charge on any atom is -0.335 e. The zero-order valence-corrected chi connectivity index (χ0v) is 14.8. The van der Waals surface area contributed by atoms with Crippen molar-refractivity contribution in [2.24, 2.45) is 0 Å². The summed E-state index contributed by atoms with van der Waals surface area (Å²) < 4.78 is 20.0. The topological polar surface area (TPSA) is 90.0 Å². The van der Waals surface area contributed by atoms with E-state index in [1.807, 2.05) is 31.2 Å². The maximum atomic E-state index is 13.7. The van der Waals surface area contributed by atoms with E-state index >= 15 is 0 Å². The number of fused-ring (bicyclic) bond motifs is 1. The van der Waals surface area contributed by atoms with Gasteiger partial charge in [-0.3, -0.25) is 14.2 Å². The van der Waals surface area contributed by atoms with Gasteiger partial charge in [-0.05, 0) is 19.1 Å². The van der Waals surface area contributed by atoms with E-state index in [1.165, 1.54) is 24.5 Å². The van der Waals surface area contributed by atoms with E-state index < -0.39 is 17.3 Å². The zero-order valence-electron chi connectivity index (χ0n) is 14.8. The molecule has 1 amide bonds. The first-order valence-corrected chi connectivity index (χ1v) is 8.49. The van der Waals surface area contributed by atoms with E-state index in [2.05, 4.69) is 15.5 Å². The number of anilines is 1. The molecule has 0 saturated heterocycles. The van der Waals surface area contributed by atoms with Crippen LogP contribution in [0.4, 0.5) is 10.1 Å². The van der Waals surface area contributed by atoms with Crippen LogP contribution in [0.5, 0.6) is 0 Å². The van der Waals surface area contributed by atoms with E-state index in [-0.39, 0.29) is 23.3 Å². The fourth-order valence-corrected chi connectivity index (χ4v) is 2.81. The molecule has 0 aliphatic carbocycles. The minimum atomic E-state index is -0.558. The second-order valence-corrected chi connectivity index (χ2v) is 6.28. The van der Waals surface area contributed by atoms with E-state index in [9.17, 15) is 14.0 Å². The zero-order chi connectivity index (χ0) is 19.7. The maximum absolute atomic E-state index is 13.7. The lowest BCUT2D eigenvalue weighted by atomic mass is 10.1. The molecule has 4 aromatic rings. The van der Waals surface area contributed by atoms with E-state index in [0.29, 0.717) is 11.3 Å². The highest BCUT2D eigenvalue weighted by Crippen LogP contribution is 2.24. The molecule has 0 atom stereocenters. The molecule has 0 unspecified atom stereocenters. The molecule has 0 fully saturated rings. The number of benzene rings is 2. The molecule has 0 bridgehead atoms. The fourth-order valence-electron chi connectivity index (χ4n) is 2.81. The van der Waals surface area contributed by atoms with Gasteiger partial charge in [0.05, 0.1) is 5.69 Å². The highest BCUT2D eigenvalue weighted by molar-refractivity contribution is 5.91. The summed E-state index contributed by atoms with van der Waals surface area (Å²) in [5.74, 6) is -1.11. The van der Waals surface area contributed by atoms with Crippen molar-refractivity contribution in [3.63, 3.8) is 0 Å². The molecule has 4 rings (SSSR count). The Balaban J connectivity index is 1.67. The van der Waals surface area contributed by atoms with Crippen LogP contribution < -0.4 is 10.9 Å². The highest BCUT2D eigenvalue weighted by Gasteiger charge is 2.18. The first-order chi connectivity index (χ1) is 13.5. The summed E-state index contributed by atoms with van der Waals surface area (Å²) in [6.07, 6.45) is 1.20. The van der Waals surface area contributed by atoms with Gasteiger partial charge in [-0.2, -0.15) is 0 Å². The Kier molecular flexibility index (Phi) is 4.44. The van der Waals surface area contributed by atoms with Gasteiger partial charge < -0.3 is 9.84 Å². The minimum absolute atomic E-state index is 0.0416. The standard InChI is InChI=1S/C20H15FN4O3/c1-12-6-8-13(9-7-12)18-17-19(28-24-18)22-11-25(20(17)27)10-16(26)23-15-5-3-2-4-14(15)21/h2-9,11H,10H2,1H3,(H,23,26). The summed E-state index contributed by atoms with van der Waals surface area (Å²) in [6, 6.07) is 13.2. The molecule has 2 aromatic heterocycles. The molecule has 0 saturated carbocycles. The summed E-state index contributed by atoms with van der Waals surface area (Å²) in [5.41, 5.74) is 1.79. The van der Waals surface area contributed by atoms with Gasteiger partial charge in [0.1, 0.15) is 29.8 Å². The number of aromatic nitrogens is 3. The van der Waals surface area contributed by atoms with Crippen molar-refractivity contribution in [3.05, 3.63) is 76.6 Å². The van der Waals surface area contributed by atoms with Crippen LogP contribution in [0.25, 0.3) is 22.4 Å². The summed E-state index contributed by atoms with van der Waals surface area (Å²) in [4.78, 5) is 29.2. The third-order valence-corrected chi connectivity index (χ3v) is 4.25. The van der Waals surface area contributed by atoms with Gasteiger partial charge in [0.15, 0.2) is 0 Å². The predicted octanol–water partition coefficient (Wildman–Crippen LogP) is 3.14. The number of amides is 1. The third-order valence-electron chi connectivity index (χ3n) is 4.25. The van der Waals surface area contributed by atoms with E-state index in [4.69, 9.17) is 4.52 Å². The molecular formula is C20H15FN4O3. The monoisotopic (exact) mass is 378 g/mol. The van der Waals surface area contributed by atoms with Gasteiger partial charge in [-0.25, -0.2) is 9.37 Å². The molecule has 7 nitrogen and oxygen atoms in total. The summed E-state index contributed by atoms with van der Waals surface area (Å²) in [6.45, 7) is 1.63. The number of hydrogen-bond acceptors (Lipinski definition) is 5. The Hall–Kier alpha value is -3.81. The Labute approximate surface area is 158 Å². The van der Waals surface area contributed by atoms with Crippen molar-refractivity contribution in [2.75, 3.05) is 5.32 Å². The van der Waals surface area contributed by atoms with Crippen molar-refractivity contribution in [1.82, 2.24) is 14.7 Å². The van der Waals surface area contributed by atoms with Gasteiger partial charge in [0.2, 0.25) is 5.91 Å². The van der Waals surface area contributed by atoms with Crippen molar-refractivity contribution < 1.29 is 13.7 Å². The van der Waals surface area contributed by atoms with Crippen molar-refractivity contribution in [2.45, 2.75) is 13.5 Å². The molecule has 0 aliphatic rings. The van der Waals surface area contributed by atoms with Crippen LogP contribution in [0.15, 0.2) is 64.2 Å². The van der Waals surface area contributed by atoms with Crippen LogP contribution in [0.2, 0.25) is 0 Å². The number of nitrogens with zero attached hydrogens (tertiary/aromatic N) is 3. The number of para-hydroxylation sites is 1. The maximum Gasteiger partial charge on any atom is 0.267 e. The Morgan fingerprint density at radius 2 is 1.93 bits per heavy atom. The summed E-state index contributed by atoms with van der Waals surface area (Å²) in [7, 11) is 0. The highest BCUT2D eigenvalue weighted by atomic mass is 19.1. The molecule has 0 radical (unpaired) electrons. The van der Waals surface area contributed by atoms with E-state index in [0.717, 1.165) is 10.1 Å². The Morgan fingerprint density at radius 1 is 1.18 bits per heavy atom. The quantitative estimate of drug-likeness (QED) is 0.589. The third kappa shape index (κ3) is 3.27. The number of rotatable bonds is 4. The van der Waals surface area contributed by atoms with Crippen LogP contribution in [0.3, 0.4) is 0 Å². The predicted molar refractivity (Wildman–Crippen MR) is 101 cm³/mol. The number of hydrogen-bond donors (Lipinski definition) is 1. The molecule has 140 valence electrons.